The van der Waals surface area contributed by atoms with Crippen molar-refractivity contribution >= 4 is 0 Å². The first kappa shape index (κ1) is 15.5. The number of aryl methyl sites for hydroxylation is 1. The number of likely N-dealkylation sites (N-methyl/N-ethyl adjacent to an activating group) is 1. The second-order valence-electron chi connectivity index (χ2n) is 7.32. The molecule has 1 fully saturated rings. The number of aromatic nitrogens is 2. The molecule has 0 bridgehead atoms. The largest absolute Gasteiger partial charge is 0.329 e. The smallest absolute Gasteiger partial charge is 0.0534 e. The van der Waals surface area contributed by atoms with Crippen LogP contribution in [0, 0.1) is 5.41 Å². The lowest BCUT2D eigenvalue weighted by Crippen LogP contribution is -2.51. The summed E-state index contributed by atoms with van der Waals surface area (Å²) >= 11 is 0. The molecule has 0 aromatic carbocycles. The highest BCUT2D eigenvalue weighted by molar-refractivity contribution is 5.05. The predicted molar refractivity (Wildman–Crippen MR) is 83.3 cm³/mol. The van der Waals surface area contributed by atoms with Crippen LogP contribution in [-0.4, -0.2) is 33.8 Å². The number of rotatable bonds is 4. The van der Waals surface area contributed by atoms with Crippen LogP contribution < -0.4 is 5.73 Å². The molecule has 1 aromatic rings. The minimum absolute atomic E-state index is 0.156. The molecule has 2 rings (SSSR count). The zero-order valence-electron chi connectivity index (χ0n) is 13.5. The molecule has 0 saturated heterocycles. The van der Waals surface area contributed by atoms with E-state index in [1.54, 1.807) is 0 Å². The summed E-state index contributed by atoms with van der Waals surface area (Å²) in [5.41, 5.74) is 8.08. The highest BCUT2D eigenvalue weighted by Gasteiger charge is 2.37. The van der Waals surface area contributed by atoms with Crippen molar-refractivity contribution < 1.29 is 0 Å². The third-order valence-corrected chi connectivity index (χ3v) is 5.13. The molecular formula is C16H30N4. The first-order valence-corrected chi connectivity index (χ1v) is 7.76. The minimum Gasteiger partial charge on any atom is -0.329 e. The van der Waals surface area contributed by atoms with Crippen molar-refractivity contribution in [1.82, 2.24) is 14.7 Å². The first-order valence-electron chi connectivity index (χ1n) is 7.76. The van der Waals surface area contributed by atoms with Gasteiger partial charge in [0.15, 0.2) is 0 Å². The lowest BCUT2D eigenvalue weighted by atomic mass is 9.83. The van der Waals surface area contributed by atoms with Crippen LogP contribution in [0.4, 0.5) is 0 Å². The van der Waals surface area contributed by atoms with Gasteiger partial charge in [-0.25, -0.2) is 0 Å². The van der Waals surface area contributed by atoms with Crippen molar-refractivity contribution in [3.63, 3.8) is 0 Å². The summed E-state index contributed by atoms with van der Waals surface area (Å²) in [5.74, 6) is 0. The van der Waals surface area contributed by atoms with E-state index < -0.39 is 0 Å². The van der Waals surface area contributed by atoms with Crippen LogP contribution in [0.5, 0.6) is 0 Å². The van der Waals surface area contributed by atoms with E-state index in [2.05, 4.69) is 37.1 Å². The van der Waals surface area contributed by atoms with Gasteiger partial charge in [-0.2, -0.15) is 5.10 Å². The summed E-state index contributed by atoms with van der Waals surface area (Å²) in [4.78, 5) is 2.46. The molecule has 4 heteroatoms. The quantitative estimate of drug-likeness (QED) is 0.861. The van der Waals surface area contributed by atoms with E-state index in [1.165, 1.54) is 37.7 Å². The van der Waals surface area contributed by atoms with Gasteiger partial charge in [-0.1, -0.05) is 20.3 Å². The van der Waals surface area contributed by atoms with Gasteiger partial charge in [0.25, 0.3) is 0 Å². The summed E-state index contributed by atoms with van der Waals surface area (Å²) in [6.45, 7) is 6.47. The van der Waals surface area contributed by atoms with E-state index in [1.807, 2.05) is 17.9 Å². The Labute approximate surface area is 123 Å². The molecule has 1 unspecified atom stereocenters. The molecule has 0 aliphatic heterocycles. The van der Waals surface area contributed by atoms with Gasteiger partial charge in [0, 0.05) is 37.4 Å². The van der Waals surface area contributed by atoms with Gasteiger partial charge in [-0.15, -0.1) is 0 Å². The van der Waals surface area contributed by atoms with Crippen LogP contribution in [0.25, 0.3) is 0 Å². The topological polar surface area (TPSA) is 47.1 Å². The molecular weight excluding hydrogens is 248 g/mol. The van der Waals surface area contributed by atoms with Crippen molar-refractivity contribution in [2.45, 2.75) is 58.0 Å². The minimum atomic E-state index is 0.156. The molecule has 0 spiro atoms. The highest BCUT2D eigenvalue weighted by atomic mass is 15.2. The van der Waals surface area contributed by atoms with Crippen LogP contribution in [0.15, 0.2) is 12.4 Å². The van der Waals surface area contributed by atoms with Crippen LogP contribution >= 0.6 is 0 Å². The fourth-order valence-electron chi connectivity index (χ4n) is 3.45. The SMILES string of the molecule is CN(Cc1cnn(C)c1)C1(CN)CCCC(C)(C)CC1. The third-order valence-electron chi connectivity index (χ3n) is 5.13. The second kappa shape index (κ2) is 5.86. The Hall–Kier alpha value is -0.870. The standard InChI is InChI=1S/C16H30N4/c1-15(2)6-5-7-16(13-17,9-8-15)19(3)11-14-10-18-20(4)12-14/h10,12H,5-9,11,13,17H2,1-4H3. The van der Waals surface area contributed by atoms with Crippen LogP contribution in [0.2, 0.25) is 0 Å². The van der Waals surface area contributed by atoms with Gasteiger partial charge in [-0.3, -0.25) is 9.58 Å². The molecule has 2 N–H and O–H groups in total. The zero-order valence-corrected chi connectivity index (χ0v) is 13.5. The van der Waals surface area contributed by atoms with Crippen molar-refractivity contribution in [2.75, 3.05) is 13.6 Å². The second-order valence-corrected chi connectivity index (χ2v) is 7.32. The summed E-state index contributed by atoms with van der Waals surface area (Å²) < 4.78 is 1.87. The van der Waals surface area contributed by atoms with Crippen LogP contribution in [-0.2, 0) is 13.6 Å². The van der Waals surface area contributed by atoms with E-state index in [9.17, 15) is 0 Å². The van der Waals surface area contributed by atoms with E-state index in [0.29, 0.717) is 5.41 Å². The molecule has 114 valence electrons. The van der Waals surface area contributed by atoms with Crippen molar-refractivity contribution in [2.24, 2.45) is 18.2 Å². The Kier molecular flexibility index (Phi) is 4.55. The van der Waals surface area contributed by atoms with Gasteiger partial charge in [0.05, 0.1) is 6.20 Å². The normalized spacial score (nSPS) is 26.7. The van der Waals surface area contributed by atoms with Crippen LogP contribution in [0.1, 0.15) is 51.5 Å². The lowest BCUT2D eigenvalue weighted by molar-refractivity contribution is 0.0961. The Morgan fingerprint density at radius 3 is 2.65 bits per heavy atom. The Bertz CT molecular complexity index is 437. The number of nitrogens with two attached hydrogens (primary N) is 1. The number of nitrogens with zero attached hydrogens (tertiary/aromatic N) is 3. The molecule has 4 nitrogen and oxygen atoms in total. The molecule has 0 amide bonds. The molecule has 1 aromatic heterocycles. The predicted octanol–water partition coefficient (Wildman–Crippen LogP) is 2.54. The Morgan fingerprint density at radius 1 is 1.30 bits per heavy atom. The van der Waals surface area contributed by atoms with Crippen LogP contribution in [0.3, 0.4) is 0 Å². The average Bonchev–Trinajstić information content (AvgIpc) is 2.70. The summed E-state index contributed by atoms with van der Waals surface area (Å²) in [5, 5.41) is 4.26. The first-order chi connectivity index (χ1) is 9.37. The summed E-state index contributed by atoms with van der Waals surface area (Å²) in [7, 11) is 4.19. The third kappa shape index (κ3) is 3.41. The Morgan fingerprint density at radius 2 is 2.05 bits per heavy atom. The van der Waals surface area contributed by atoms with Gasteiger partial charge in [0.2, 0.25) is 0 Å². The molecule has 1 aliphatic rings. The maximum Gasteiger partial charge on any atom is 0.0534 e. The summed E-state index contributed by atoms with van der Waals surface area (Å²) in [6, 6.07) is 0. The molecule has 1 aliphatic carbocycles. The van der Waals surface area contributed by atoms with E-state index in [4.69, 9.17) is 5.73 Å². The Balaban J connectivity index is 2.09. The van der Waals surface area contributed by atoms with Gasteiger partial charge < -0.3 is 5.73 Å². The maximum atomic E-state index is 6.19. The average molecular weight is 278 g/mol. The lowest BCUT2D eigenvalue weighted by Gasteiger charge is -2.41. The molecule has 0 radical (unpaired) electrons. The van der Waals surface area contributed by atoms with E-state index >= 15 is 0 Å². The van der Waals surface area contributed by atoms with Crippen molar-refractivity contribution in [3.05, 3.63) is 18.0 Å². The van der Waals surface area contributed by atoms with E-state index in [0.717, 1.165) is 13.1 Å². The number of hydrogen-bond donors (Lipinski definition) is 1. The van der Waals surface area contributed by atoms with Gasteiger partial charge >= 0.3 is 0 Å². The summed E-state index contributed by atoms with van der Waals surface area (Å²) in [6.07, 6.45) is 10.3. The van der Waals surface area contributed by atoms with E-state index in [-0.39, 0.29) is 5.54 Å². The molecule has 20 heavy (non-hydrogen) atoms. The maximum absolute atomic E-state index is 6.19. The fraction of sp³-hybridized carbons (Fsp3) is 0.812. The van der Waals surface area contributed by atoms with Crippen molar-refractivity contribution in [1.29, 1.82) is 0 Å². The van der Waals surface area contributed by atoms with Crippen molar-refractivity contribution in [3.8, 4) is 0 Å². The number of hydrogen-bond acceptors (Lipinski definition) is 3. The molecule has 1 heterocycles. The highest BCUT2D eigenvalue weighted by Crippen LogP contribution is 2.40. The fourth-order valence-corrected chi connectivity index (χ4v) is 3.45. The zero-order chi connectivity index (χ0) is 14.8. The van der Waals surface area contributed by atoms with Gasteiger partial charge in [0.1, 0.15) is 0 Å². The molecule has 1 saturated carbocycles. The monoisotopic (exact) mass is 278 g/mol. The molecule has 1 atom stereocenters. The van der Waals surface area contributed by atoms with Gasteiger partial charge in [-0.05, 0) is 38.1 Å².